The van der Waals surface area contributed by atoms with E-state index in [0.29, 0.717) is 54.4 Å². The van der Waals surface area contributed by atoms with Gasteiger partial charge in [0.2, 0.25) is 15.0 Å². The molecule has 10 nitrogen and oxygen atoms in total. The van der Waals surface area contributed by atoms with Crippen molar-refractivity contribution in [1.29, 1.82) is 0 Å². The topological polar surface area (TPSA) is 114 Å². The van der Waals surface area contributed by atoms with Crippen molar-refractivity contribution in [2.45, 2.75) is 11.4 Å². The highest BCUT2D eigenvalue weighted by Gasteiger charge is 2.30. The fourth-order valence-corrected chi connectivity index (χ4v) is 7.22. The first-order chi connectivity index (χ1) is 17.0. The zero-order valence-corrected chi connectivity index (χ0v) is 20.8. The molecule has 6 rings (SSSR count). The van der Waals surface area contributed by atoms with Gasteiger partial charge < -0.3 is 0 Å². The van der Waals surface area contributed by atoms with Gasteiger partial charge in [-0.25, -0.2) is 13.4 Å². The van der Waals surface area contributed by atoms with Crippen molar-refractivity contribution in [2.24, 2.45) is 0 Å². The SMILES string of the molecule is O=c1cc(CN2CCN(S(=O)(=O)c3cccc4nsnc34)CC2)nc2sc(-c3ccccc3)nn12. The van der Waals surface area contributed by atoms with Gasteiger partial charge in [0.15, 0.2) is 0 Å². The van der Waals surface area contributed by atoms with Crippen LogP contribution in [-0.4, -0.2) is 67.1 Å². The molecule has 1 saturated heterocycles. The summed E-state index contributed by atoms with van der Waals surface area (Å²) >= 11 is 2.37. The third kappa shape index (κ3) is 4.15. The number of piperazine rings is 1. The first-order valence-electron chi connectivity index (χ1n) is 10.9. The molecule has 1 aliphatic rings. The minimum Gasteiger partial charge on any atom is -0.295 e. The molecule has 5 aromatic rings. The van der Waals surface area contributed by atoms with E-state index >= 15 is 0 Å². The molecular formula is C22H19N7O3S3. The van der Waals surface area contributed by atoms with Gasteiger partial charge in [-0.2, -0.15) is 22.7 Å². The molecule has 0 atom stereocenters. The summed E-state index contributed by atoms with van der Waals surface area (Å²) in [6.45, 7) is 2.21. The number of hydrogen-bond donors (Lipinski definition) is 0. The molecule has 0 saturated carbocycles. The van der Waals surface area contributed by atoms with Crippen LogP contribution in [0.2, 0.25) is 0 Å². The fraction of sp³-hybridized carbons (Fsp3) is 0.227. The molecule has 0 spiro atoms. The van der Waals surface area contributed by atoms with Crippen LogP contribution in [0, 0.1) is 0 Å². The van der Waals surface area contributed by atoms with Gasteiger partial charge >= 0.3 is 0 Å². The molecule has 0 aliphatic carbocycles. The van der Waals surface area contributed by atoms with Gasteiger partial charge in [0.1, 0.15) is 20.9 Å². The van der Waals surface area contributed by atoms with Crippen molar-refractivity contribution in [3.05, 3.63) is 70.6 Å². The van der Waals surface area contributed by atoms with Crippen LogP contribution in [0.25, 0.3) is 26.6 Å². The summed E-state index contributed by atoms with van der Waals surface area (Å²) in [4.78, 5) is 20.1. The smallest absolute Gasteiger partial charge is 0.275 e. The summed E-state index contributed by atoms with van der Waals surface area (Å²) in [5, 5.41) is 5.15. The maximum atomic E-state index is 13.3. The Morgan fingerprint density at radius 3 is 2.54 bits per heavy atom. The molecule has 0 bridgehead atoms. The van der Waals surface area contributed by atoms with Gasteiger partial charge in [0.25, 0.3) is 5.56 Å². The van der Waals surface area contributed by atoms with Crippen molar-refractivity contribution in [3.8, 4) is 10.6 Å². The van der Waals surface area contributed by atoms with Crippen LogP contribution in [-0.2, 0) is 16.6 Å². The lowest BCUT2D eigenvalue weighted by Crippen LogP contribution is -2.48. The van der Waals surface area contributed by atoms with Gasteiger partial charge in [-0.3, -0.25) is 9.69 Å². The largest absolute Gasteiger partial charge is 0.295 e. The lowest BCUT2D eigenvalue weighted by atomic mass is 10.2. The summed E-state index contributed by atoms with van der Waals surface area (Å²) in [6, 6.07) is 16.2. The zero-order valence-electron chi connectivity index (χ0n) is 18.3. The minimum absolute atomic E-state index is 0.191. The summed E-state index contributed by atoms with van der Waals surface area (Å²) < 4.78 is 37.6. The Hall–Kier alpha value is -3.10. The fourth-order valence-electron chi connectivity index (χ4n) is 4.12. The van der Waals surface area contributed by atoms with Crippen molar-refractivity contribution in [1.82, 2.24) is 32.6 Å². The second kappa shape index (κ2) is 8.84. The van der Waals surface area contributed by atoms with Crippen molar-refractivity contribution < 1.29 is 8.42 Å². The number of aromatic nitrogens is 5. The Kier molecular flexibility index (Phi) is 5.65. The van der Waals surface area contributed by atoms with Gasteiger partial charge in [-0.15, -0.1) is 0 Å². The average Bonchev–Trinajstić information content (AvgIpc) is 3.52. The minimum atomic E-state index is -3.68. The zero-order chi connectivity index (χ0) is 24.0. The number of benzene rings is 2. The van der Waals surface area contributed by atoms with Crippen LogP contribution >= 0.6 is 23.1 Å². The maximum Gasteiger partial charge on any atom is 0.275 e. The highest BCUT2D eigenvalue weighted by Crippen LogP contribution is 2.26. The van der Waals surface area contributed by atoms with Crippen LogP contribution in [0.5, 0.6) is 0 Å². The van der Waals surface area contributed by atoms with E-state index in [-0.39, 0.29) is 10.5 Å². The monoisotopic (exact) mass is 525 g/mol. The molecule has 35 heavy (non-hydrogen) atoms. The van der Waals surface area contributed by atoms with E-state index in [1.807, 2.05) is 30.3 Å². The predicted molar refractivity (Wildman–Crippen MR) is 134 cm³/mol. The Bertz CT molecular complexity index is 1690. The van der Waals surface area contributed by atoms with Crippen LogP contribution in [0.3, 0.4) is 0 Å². The molecule has 0 unspecified atom stereocenters. The molecule has 4 heterocycles. The van der Waals surface area contributed by atoms with Crippen LogP contribution < -0.4 is 5.56 Å². The Balaban J connectivity index is 1.18. The van der Waals surface area contributed by atoms with E-state index in [1.54, 1.807) is 18.2 Å². The number of sulfonamides is 1. The van der Waals surface area contributed by atoms with Gasteiger partial charge in [0.05, 0.1) is 17.4 Å². The van der Waals surface area contributed by atoms with Crippen molar-refractivity contribution >= 4 is 49.1 Å². The van der Waals surface area contributed by atoms with Crippen molar-refractivity contribution in [3.63, 3.8) is 0 Å². The van der Waals surface area contributed by atoms with E-state index in [0.717, 1.165) is 22.3 Å². The summed E-state index contributed by atoms with van der Waals surface area (Å²) in [5.74, 6) is 0. The molecule has 2 aromatic carbocycles. The third-order valence-corrected chi connectivity index (χ3v) is 9.33. The van der Waals surface area contributed by atoms with E-state index in [2.05, 4.69) is 23.7 Å². The standard InChI is InChI=1S/C22H19N7O3S3/c30-19-13-16(23-22-29(19)24-21(33-22)15-5-2-1-3-6-15)14-27-9-11-28(12-10-27)35(31,32)18-8-4-7-17-20(18)26-34-25-17/h1-8,13H,9-12,14H2. The Morgan fingerprint density at radius 2 is 1.74 bits per heavy atom. The first kappa shape index (κ1) is 22.4. The molecule has 1 fully saturated rings. The van der Waals surface area contributed by atoms with E-state index in [9.17, 15) is 13.2 Å². The highest BCUT2D eigenvalue weighted by atomic mass is 32.2. The molecule has 0 amide bonds. The first-order valence-corrected chi connectivity index (χ1v) is 13.9. The third-order valence-electron chi connectivity index (χ3n) is 5.90. The maximum absolute atomic E-state index is 13.3. The second-order valence-corrected chi connectivity index (χ2v) is 11.5. The van der Waals surface area contributed by atoms with Gasteiger partial charge in [-0.1, -0.05) is 47.7 Å². The van der Waals surface area contributed by atoms with E-state index in [4.69, 9.17) is 0 Å². The average molecular weight is 526 g/mol. The van der Waals surface area contributed by atoms with E-state index < -0.39 is 10.0 Å². The van der Waals surface area contributed by atoms with Crippen LogP contribution in [0.15, 0.2) is 64.3 Å². The number of rotatable bonds is 5. The molecule has 3 aromatic heterocycles. The van der Waals surface area contributed by atoms with Gasteiger partial charge in [-0.05, 0) is 12.1 Å². The number of nitrogens with zero attached hydrogens (tertiary/aromatic N) is 7. The molecule has 178 valence electrons. The Labute approximate surface area is 208 Å². The summed E-state index contributed by atoms with van der Waals surface area (Å²) in [7, 11) is -3.68. The molecule has 13 heteroatoms. The lowest BCUT2D eigenvalue weighted by molar-refractivity contribution is 0.180. The lowest BCUT2D eigenvalue weighted by Gasteiger charge is -2.33. The predicted octanol–water partition coefficient (Wildman–Crippen LogP) is 2.33. The molecule has 0 radical (unpaired) electrons. The normalized spacial score (nSPS) is 15.8. The summed E-state index contributed by atoms with van der Waals surface area (Å²) in [5.41, 5.74) is 2.35. The van der Waals surface area contributed by atoms with Crippen LogP contribution in [0.1, 0.15) is 5.69 Å². The summed E-state index contributed by atoms with van der Waals surface area (Å²) in [6.07, 6.45) is 0. The number of fused-ring (bicyclic) bond motifs is 2. The van der Waals surface area contributed by atoms with E-state index in [1.165, 1.54) is 26.2 Å². The molecular weight excluding hydrogens is 506 g/mol. The quantitative estimate of drug-likeness (QED) is 0.344. The second-order valence-electron chi connectivity index (χ2n) is 8.12. The number of hydrogen-bond acceptors (Lipinski definition) is 10. The highest BCUT2D eigenvalue weighted by molar-refractivity contribution is 7.89. The van der Waals surface area contributed by atoms with Gasteiger partial charge in [0, 0.05) is 44.4 Å². The van der Waals surface area contributed by atoms with Crippen molar-refractivity contribution in [2.75, 3.05) is 26.2 Å². The van der Waals surface area contributed by atoms with Crippen LogP contribution in [0.4, 0.5) is 0 Å². The molecule has 0 N–H and O–H groups in total. The molecule has 1 aliphatic heterocycles. The Morgan fingerprint density at radius 1 is 0.943 bits per heavy atom.